The molecule has 0 bridgehead atoms. The molecule has 3 rings (SSSR count). The highest BCUT2D eigenvalue weighted by Gasteiger charge is 2.20. The molecule has 0 unspecified atom stereocenters. The third-order valence-corrected chi connectivity index (χ3v) is 3.35. The second-order valence-electron chi connectivity index (χ2n) is 4.58. The van der Waals surface area contributed by atoms with Gasteiger partial charge in [0.25, 0.3) is 0 Å². The van der Waals surface area contributed by atoms with Crippen LogP contribution in [0.1, 0.15) is 5.69 Å². The van der Waals surface area contributed by atoms with Crippen LogP contribution in [0, 0.1) is 6.92 Å². The van der Waals surface area contributed by atoms with Gasteiger partial charge in [-0.3, -0.25) is 9.55 Å². The molecule has 3 N–H and O–H groups in total. The first-order valence-corrected chi connectivity index (χ1v) is 6.36. The van der Waals surface area contributed by atoms with Crippen molar-refractivity contribution in [2.24, 2.45) is 0 Å². The van der Waals surface area contributed by atoms with E-state index in [1.807, 2.05) is 60.0 Å². The molecule has 20 heavy (non-hydrogen) atoms. The van der Waals surface area contributed by atoms with Crippen molar-refractivity contribution in [2.75, 3.05) is 5.73 Å². The third kappa shape index (κ3) is 1.82. The summed E-state index contributed by atoms with van der Waals surface area (Å²) in [6.07, 6.45) is 1.68. The molecule has 0 atom stereocenters. The van der Waals surface area contributed by atoms with Crippen molar-refractivity contribution in [1.29, 1.82) is 0 Å². The molecule has 0 aliphatic heterocycles. The lowest BCUT2D eigenvalue weighted by Gasteiger charge is -2.08. The lowest BCUT2D eigenvalue weighted by atomic mass is 10.2. The van der Waals surface area contributed by atoms with Crippen LogP contribution in [0.3, 0.4) is 0 Å². The molecule has 3 aromatic rings. The number of nitrogens with zero attached hydrogens (tertiary/aromatic N) is 2. The number of aromatic hydroxyl groups is 1. The lowest BCUT2D eigenvalue weighted by molar-refractivity contribution is 0.472. The fraction of sp³-hybridized carbons (Fsp3) is 0.0625. The number of aromatic nitrogens is 2. The third-order valence-electron chi connectivity index (χ3n) is 3.35. The largest absolute Gasteiger partial charge is 0.505 e. The average Bonchev–Trinajstić information content (AvgIpc) is 2.71. The number of para-hydroxylation sites is 1. The topological polar surface area (TPSA) is 64.1 Å². The van der Waals surface area contributed by atoms with Gasteiger partial charge in [0.1, 0.15) is 11.6 Å². The number of hydrogen-bond donors (Lipinski definition) is 2. The fourth-order valence-electron chi connectivity index (χ4n) is 2.37. The van der Waals surface area contributed by atoms with Crippen LogP contribution in [0.5, 0.6) is 5.75 Å². The predicted molar refractivity (Wildman–Crippen MR) is 79.8 cm³/mol. The molecular formula is C16H15N3O. The van der Waals surface area contributed by atoms with Gasteiger partial charge < -0.3 is 10.8 Å². The maximum atomic E-state index is 10.4. The summed E-state index contributed by atoms with van der Waals surface area (Å²) in [5, 5.41) is 10.4. The number of rotatable bonds is 2. The molecule has 1 aromatic carbocycles. The number of pyridine rings is 1. The van der Waals surface area contributed by atoms with Gasteiger partial charge in [-0.05, 0) is 31.2 Å². The van der Waals surface area contributed by atoms with Gasteiger partial charge in [0.05, 0.1) is 17.0 Å². The van der Waals surface area contributed by atoms with Crippen LogP contribution >= 0.6 is 0 Å². The Kier molecular flexibility index (Phi) is 2.91. The van der Waals surface area contributed by atoms with E-state index < -0.39 is 0 Å². The average molecular weight is 265 g/mol. The van der Waals surface area contributed by atoms with E-state index in [0.717, 1.165) is 5.69 Å². The summed E-state index contributed by atoms with van der Waals surface area (Å²) in [6.45, 7) is 1.84. The van der Waals surface area contributed by atoms with E-state index in [9.17, 15) is 5.11 Å². The van der Waals surface area contributed by atoms with E-state index in [4.69, 9.17) is 5.73 Å². The van der Waals surface area contributed by atoms with Gasteiger partial charge in [0.15, 0.2) is 0 Å². The van der Waals surface area contributed by atoms with Gasteiger partial charge in [-0.2, -0.15) is 0 Å². The number of anilines is 1. The first kappa shape index (κ1) is 12.3. The number of nitrogen functional groups attached to an aromatic ring is 1. The van der Waals surface area contributed by atoms with Crippen molar-refractivity contribution in [1.82, 2.24) is 9.55 Å². The van der Waals surface area contributed by atoms with E-state index in [0.29, 0.717) is 22.8 Å². The van der Waals surface area contributed by atoms with Gasteiger partial charge in [-0.25, -0.2) is 0 Å². The first-order chi connectivity index (χ1) is 9.70. The number of hydrogen-bond acceptors (Lipinski definition) is 3. The molecule has 2 heterocycles. The normalized spacial score (nSPS) is 10.7. The molecule has 0 aliphatic carbocycles. The zero-order chi connectivity index (χ0) is 14.1. The van der Waals surface area contributed by atoms with Crippen LogP contribution in [0.4, 0.5) is 5.82 Å². The van der Waals surface area contributed by atoms with Crippen molar-refractivity contribution >= 4 is 5.82 Å². The fourth-order valence-corrected chi connectivity index (χ4v) is 2.37. The van der Waals surface area contributed by atoms with Crippen LogP contribution in [0.25, 0.3) is 16.9 Å². The summed E-state index contributed by atoms with van der Waals surface area (Å²) < 4.78 is 1.83. The Morgan fingerprint density at radius 3 is 2.40 bits per heavy atom. The second-order valence-corrected chi connectivity index (χ2v) is 4.58. The molecule has 0 spiro atoms. The lowest BCUT2D eigenvalue weighted by Crippen LogP contribution is -2.02. The van der Waals surface area contributed by atoms with Crippen molar-refractivity contribution in [3.8, 4) is 22.7 Å². The molecule has 2 aromatic heterocycles. The molecule has 100 valence electrons. The minimum atomic E-state index is 0.171. The molecule has 0 radical (unpaired) electrons. The summed E-state index contributed by atoms with van der Waals surface area (Å²) in [5.74, 6) is 0.662. The Morgan fingerprint density at radius 1 is 1.05 bits per heavy atom. The van der Waals surface area contributed by atoms with E-state index in [2.05, 4.69) is 4.98 Å². The minimum absolute atomic E-state index is 0.171. The van der Waals surface area contributed by atoms with Crippen molar-refractivity contribution < 1.29 is 5.11 Å². The summed E-state index contributed by atoms with van der Waals surface area (Å²) in [7, 11) is 0. The van der Waals surface area contributed by atoms with Crippen LogP contribution in [0.15, 0.2) is 54.7 Å². The van der Waals surface area contributed by atoms with Gasteiger partial charge >= 0.3 is 0 Å². The maximum absolute atomic E-state index is 10.4. The Balaban J connectivity index is 2.25. The monoisotopic (exact) mass is 265 g/mol. The Bertz CT molecular complexity index is 670. The number of nitrogens with two attached hydrogens (primary N) is 1. The van der Waals surface area contributed by atoms with Crippen molar-refractivity contribution in [3.63, 3.8) is 0 Å². The molecule has 0 saturated heterocycles. The first-order valence-electron chi connectivity index (χ1n) is 6.36. The zero-order valence-electron chi connectivity index (χ0n) is 11.1. The predicted octanol–water partition coefficient (Wildman–Crippen LogP) is 3.14. The Hall–Kier alpha value is -2.75. The van der Waals surface area contributed by atoms with E-state index >= 15 is 0 Å². The van der Waals surface area contributed by atoms with Crippen LogP contribution in [0.2, 0.25) is 0 Å². The van der Waals surface area contributed by atoms with Crippen LogP contribution in [-0.4, -0.2) is 14.7 Å². The molecular weight excluding hydrogens is 250 g/mol. The van der Waals surface area contributed by atoms with Gasteiger partial charge in [0, 0.05) is 11.9 Å². The zero-order valence-corrected chi connectivity index (χ0v) is 11.1. The van der Waals surface area contributed by atoms with Crippen LogP contribution < -0.4 is 5.73 Å². The molecule has 0 saturated carbocycles. The van der Waals surface area contributed by atoms with E-state index in [-0.39, 0.29) is 5.75 Å². The second kappa shape index (κ2) is 4.74. The number of benzene rings is 1. The van der Waals surface area contributed by atoms with Gasteiger partial charge in [0.2, 0.25) is 0 Å². The molecule has 4 heteroatoms. The smallest absolute Gasteiger partial charge is 0.148 e. The van der Waals surface area contributed by atoms with Gasteiger partial charge in [-0.15, -0.1) is 0 Å². The van der Waals surface area contributed by atoms with E-state index in [1.165, 1.54) is 0 Å². The highest BCUT2D eigenvalue weighted by atomic mass is 16.3. The molecule has 0 fully saturated rings. The standard InChI is InChI=1S/C16H15N3O/c1-11-15(20)14(13-9-5-6-10-18-13)16(17)19(11)12-7-3-2-4-8-12/h2-10,20H,17H2,1H3. The molecule has 4 nitrogen and oxygen atoms in total. The summed E-state index contributed by atoms with van der Waals surface area (Å²) in [5.41, 5.74) is 9.09. The maximum Gasteiger partial charge on any atom is 0.148 e. The SMILES string of the molecule is Cc1c(O)c(-c2ccccn2)c(N)n1-c1ccccc1. The Morgan fingerprint density at radius 2 is 1.75 bits per heavy atom. The molecule has 0 amide bonds. The van der Waals surface area contributed by atoms with Crippen molar-refractivity contribution in [2.45, 2.75) is 6.92 Å². The highest BCUT2D eigenvalue weighted by Crippen LogP contribution is 2.40. The highest BCUT2D eigenvalue weighted by molar-refractivity contribution is 5.81. The minimum Gasteiger partial charge on any atom is -0.505 e. The summed E-state index contributed by atoms with van der Waals surface area (Å²) in [4.78, 5) is 4.27. The summed E-state index contributed by atoms with van der Waals surface area (Å²) in [6, 6.07) is 15.2. The van der Waals surface area contributed by atoms with Gasteiger partial charge in [-0.1, -0.05) is 24.3 Å². The van der Waals surface area contributed by atoms with Crippen molar-refractivity contribution in [3.05, 3.63) is 60.4 Å². The Labute approximate surface area is 117 Å². The molecule has 0 aliphatic rings. The van der Waals surface area contributed by atoms with Crippen LogP contribution in [-0.2, 0) is 0 Å². The summed E-state index contributed by atoms with van der Waals surface area (Å²) >= 11 is 0. The quantitative estimate of drug-likeness (QED) is 0.748. The van der Waals surface area contributed by atoms with E-state index in [1.54, 1.807) is 6.20 Å².